The first kappa shape index (κ1) is 11.1. The van der Waals surface area contributed by atoms with Crippen molar-refractivity contribution in [3.63, 3.8) is 0 Å². The molecular weight excluding hydrogens is 208 g/mol. The lowest BCUT2D eigenvalue weighted by Crippen LogP contribution is -2.55. The molecule has 1 amide bonds. The molecule has 1 saturated heterocycles. The van der Waals surface area contributed by atoms with E-state index in [4.69, 9.17) is 0 Å². The van der Waals surface area contributed by atoms with Gasteiger partial charge in [0.15, 0.2) is 0 Å². The van der Waals surface area contributed by atoms with Crippen LogP contribution in [-0.2, 0) is 4.79 Å². The summed E-state index contributed by atoms with van der Waals surface area (Å²) in [4.78, 5) is 22.0. The van der Waals surface area contributed by atoms with Crippen molar-refractivity contribution in [2.45, 2.75) is 44.2 Å². The second-order valence-corrected chi connectivity index (χ2v) is 4.53. The van der Waals surface area contributed by atoms with E-state index in [0.29, 0.717) is 6.42 Å². The predicted octanol–water partition coefficient (Wildman–Crippen LogP) is 1.27. The van der Waals surface area contributed by atoms with Gasteiger partial charge in [-0.2, -0.15) is 0 Å². The topological polar surface area (TPSA) is 72.2 Å². The summed E-state index contributed by atoms with van der Waals surface area (Å²) < 4.78 is 0. The van der Waals surface area contributed by atoms with E-state index in [0.717, 1.165) is 19.3 Å². The maximum absolute atomic E-state index is 11.3. The molecule has 0 aromatic heterocycles. The van der Waals surface area contributed by atoms with Crippen LogP contribution in [0.1, 0.15) is 32.1 Å². The van der Waals surface area contributed by atoms with Crippen LogP contribution in [0, 0.1) is 16.0 Å². The van der Waals surface area contributed by atoms with E-state index in [1.165, 1.54) is 0 Å². The lowest BCUT2D eigenvalue weighted by Gasteiger charge is -2.33. The van der Waals surface area contributed by atoms with Crippen LogP contribution >= 0.6 is 0 Å². The van der Waals surface area contributed by atoms with Gasteiger partial charge in [-0.05, 0) is 25.2 Å². The summed E-state index contributed by atoms with van der Waals surface area (Å²) in [5.41, 5.74) is 0. The third-order valence-corrected chi connectivity index (χ3v) is 3.50. The molecule has 0 bridgehead atoms. The van der Waals surface area contributed by atoms with E-state index in [1.54, 1.807) is 0 Å². The quantitative estimate of drug-likeness (QED) is 0.436. The summed E-state index contributed by atoms with van der Waals surface area (Å²) in [6.45, 7) is 0. The van der Waals surface area contributed by atoms with Gasteiger partial charge in [0.1, 0.15) is 0 Å². The second-order valence-electron chi connectivity index (χ2n) is 4.53. The number of nitrogens with zero attached hydrogens (tertiary/aromatic N) is 1. The maximum Gasteiger partial charge on any atom is 0.233 e. The van der Waals surface area contributed by atoms with E-state index in [-0.39, 0.29) is 29.2 Å². The number of carbonyl (C=O) groups excluding carboxylic acids is 1. The first-order valence-corrected chi connectivity index (χ1v) is 5.76. The highest BCUT2D eigenvalue weighted by Gasteiger charge is 2.41. The lowest BCUT2D eigenvalue weighted by molar-refractivity contribution is -0.530. The Hall–Kier alpha value is -1.39. The fourth-order valence-electron chi connectivity index (χ4n) is 2.62. The molecule has 16 heavy (non-hydrogen) atoms. The number of piperidine rings is 1. The van der Waals surface area contributed by atoms with Crippen LogP contribution in [-0.4, -0.2) is 22.9 Å². The van der Waals surface area contributed by atoms with Gasteiger partial charge in [-0.3, -0.25) is 14.9 Å². The third kappa shape index (κ3) is 2.23. The number of nitrogens with one attached hydrogen (secondary N) is 1. The minimum Gasteiger partial charge on any atom is -0.346 e. The second kappa shape index (κ2) is 4.63. The Labute approximate surface area is 94.1 Å². The fraction of sp³-hybridized carbons (Fsp3) is 0.727. The molecule has 1 N–H and O–H groups in total. The molecule has 5 nitrogen and oxygen atoms in total. The van der Waals surface area contributed by atoms with Crippen LogP contribution < -0.4 is 5.32 Å². The van der Waals surface area contributed by atoms with Crippen LogP contribution in [0.15, 0.2) is 12.2 Å². The molecule has 0 aromatic carbocycles. The average Bonchev–Trinajstić information content (AvgIpc) is 2.29. The van der Waals surface area contributed by atoms with Gasteiger partial charge in [0.2, 0.25) is 11.9 Å². The van der Waals surface area contributed by atoms with Gasteiger partial charge in [0.25, 0.3) is 0 Å². The first-order chi connectivity index (χ1) is 7.68. The van der Waals surface area contributed by atoms with Gasteiger partial charge < -0.3 is 5.32 Å². The van der Waals surface area contributed by atoms with Crippen molar-refractivity contribution < 1.29 is 9.72 Å². The van der Waals surface area contributed by atoms with E-state index >= 15 is 0 Å². The summed E-state index contributed by atoms with van der Waals surface area (Å²) in [5, 5.41) is 13.8. The van der Waals surface area contributed by atoms with Crippen LogP contribution in [0.2, 0.25) is 0 Å². The summed E-state index contributed by atoms with van der Waals surface area (Å²) in [6.07, 6.45) is 7.56. The number of allylic oxidation sites excluding steroid dienone is 2. The molecule has 0 spiro atoms. The van der Waals surface area contributed by atoms with Crippen molar-refractivity contribution in [2.24, 2.45) is 5.92 Å². The molecule has 1 fully saturated rings. The van der Waals surface area contributed by atoms with Crippen molar-refractivity contribution in [3.8, 4) is 0 Å². The zero-order valence-electron chi connectivity index (χ0n) is 9.09. The minimum atomic E-state index is -0.603. The van der Waals surface area contributed by atoms with Gasteiger partial charge in [-0.25, -0.2) is 0 Å². The molecule has 0 radical (unpaired) electrons. The largest absolute Gasteiger partial charge is 0.346 e. The molecule has 0 unspecified atom stereocenters. The molecule has 88 valence electrons. The molecule has 2 aliphatic rings. The van der Waals surface area contributed by atoms with Crippen LogP contribution in [0.4, 0.5) is 0 Å². The van der Waals surface area contributed by atoms with Crippen LogP contribution in [0.5, 0.6) is 0 Å². The van der Waals surface area contributed by atoms with Gasteiger partial charge in [0, 0.05) is 17.8 Å². The Kier molecular flexibility index (Phi) is 3.22. The maximum atomic E-state index is 11.3. The Balaban J connectivity index is 2.10. The number of carbonyl (C=O) groups is 1. The van der Waals surface area contributed by atoms with E-state index in [9.17, 15) is 14.9 Å². The van der Waals surface area contributed by atoms with Crippen molar-refractivity contribution in [3.05, 3.63) is 22.3 Å². The molecule has 2 rings (SSSR count). The first-order valence-electron chi connectivity index (χ1n) is 5.76. The molecule has 1 aliphatic carbocycles. The Morgan fingerprint density at radius 2 is 2.19 bits per heavy atom. The summed E-state index contributed by atoms with van der Waals surface area (Å²) in [6, 6.07) is -0.879. The van der Waals surface area contributed by atoms with Gasteiger partial charge in [0.05, 0.1) is 6.04 Å². The number of amides is 1. The molecule has 1 aliphatic heterocycles. The fourth-order valence-corrected chi connectivity index (χ4v) is 2.62. The highest BCUT2D eigenvalue weighted by atomic mass is 16.6. The van der Waals surface area contributed by atoms with Crippen molar-refractivity contribution in [1.82, 2.24) is 5.32 Å². The molecular formula is C11H16N2O3. The third-order valence-electron chi connectivity index (χ3n) is 3.50. The van der Waals surface area contributed by atoms with E-state index < -0.39 is 6.04 Å². The SMILES string of the molecule is O=C1CC[C@H]([N+](=O)[O-])[C@H]([C@@H]2CC=CCC2)N1. The van der Waals surface area contributed by atoms with E-state index in [2.05, 4.69) is 17.5 Å². The summed E-state index contributed by atoms with van der Waals surface area (Å²) >= 11 is 0. The van der Waals surface area contributed by atoms with Gasteiger partial charge in [-0.15, -0.1) is 0 Å². The molecule has 3 atom stereocenters. The number of nitro groups is 1. The summed E-state index contributed by atoms with van der Waals surface area (Å²) in [5.74, 6) is 0.183. The average molecular weight is 224 g/mol. The van der Waals surface area contributed by atoms with E-state index in [1.807, 2.05) is 0 Å². The van der Waals surface area contributed by atoms with Crippen molar-refractivity contribution in [2.75, 3.05) is 0 Å². The highest BCUT2D eigenvalue weighted by Crippen LogP contribution is 2.28. The standard InChI is InChI=1S/C11H16N2O3/c14-10-7-6-9(13(15)16)11(12-10)8-4-2-1-3-5-8/h1-2,8-9,11H,3-7H2,(H,12,14)/t8-,9+,11+/m1/s1. The van der Waals surface area contributed by atoms with Crippen molar-refractivity contribution >= 4 is 5.91 Å². The zero-order chi connectivity index (χ0) is 11.5. The Bertz CT molecular complexity index is 327. The number of hydrogen-bond acceptors (Lipinski definition) is 3. The zero-order valence-corrected chi connectivity index (χ0v) is 9.09. The minimum absolute atomic E-state index is 0.0438. The van der Waals surface area contributed by atoms with Gasteiger partial charge in [-0.1, -0.05) is 12.2 Å². The number of hydrogen-bond donors (Lipinski definition) is 1. The lowest BCUT2D eigenvalue weighted by atomic mass is 9.81. The molecule has 0 saturated carbocycles. The Morgan fingerprint density at radius 3 is 2.81 bits per heavy atom. The molecule has 1 heterocycles. The van der Waals surface area contributed by atoms with Gasteiger partial charge >= 0.3 is 0 Å². The predicted molar refractivity (Wildman–Crippen MR) is 58.4 cm³/mol. The van der Waals surface area contributed by atoms with Crippen molar-refractivity contribution in [1.29, 1.82) is 0 Å². The smallest absolute Gasteiger partial charge is 0.233 e. The normalized spacial score (nSPS) is 34.5. The number of rotatable bonds is 2. The highest BCUT2D eigenvalue weighted by molar-refractivity contribution is 5.77. The van der Waals surface area contributed by atoms with Crippen LogP contribution in [0.25, 0.3) is 0 Å². The monoisotopic (exact) mass is 224 g/mol. The Morgan fingerprint density at radius 1 is 1.38 bits per heavy atom. The molecule has 0 aromatic rings. The van der Waals surface area contributed by atoms with Crippen LogP contribution in [0.3, 0.4) is 0 Å². The molecule has 5 heteroatoms. The summed E-state index contributed by atoms with van der Waals surface area (Å²) in [7, 11) is 0.